The number of aliphatic hydroxyl groups excluding tert-OH is 1. The molecule has 1 aromatic heterocycles. The van der Waals surface area contributed by atoms with E-state index in [2.05, 4.69) is 31.2 Å². The third kappa shape index (κ3) is 7.75. The second-order valence-corrected chi connectivity index (χ2v) is 7.91. The Morgan fingerprint density at radius 1 is 0.760 bits per heavy atom. The van der Waals surface area contributed by atoms with E-state index in [1.807, 2.05) is 16.8 Å². The van der Waals surface area contributed by atoms with Crippen LogP contribution in [-0.2, 0) is 6.42 Å². The number of hydrogen-bond donors (Lipinski definition) is 1. The van der Waals surface area contributed by atoms with Crippen LogP contribution >= 0.6 is 11.3 Å². The normalized spacial score (nSPS) is 12.4. The molecule has 0 saturated heterocycles. The average molecular weight is 359 g/mol. The largest absolute Gasteiger partial charge is 0.384 e. The zero-order valence-corrected chi connectivity index (χ0v) is 16.6. The SMILES string of the molecule is CCCCCCCCCCCCc1ccc(C(O)c2ccsc2)cc1. The first-order valence-electron chi connectivity index (χ1n) is 10.1. The van der Waals surface area contributed by atoms with E-state index in [9.17, 15) is 5.11 Å². The Morgan fingerprint density at radius 2 is 1.36 bits per heavy atom. The van der Waals surface area contributed by atoms with E-state index in [4.69, 9.17) is 0 Å². The van der Waals surface area contributed by atoms with Gasteiger partial charge in [0.25, 0.3) is 0 Å². The molecule has 1 nitrogen and oxygen atoms in total. The fraction of sp³-hybridized carbons (Fsp3) is 0.565. The van der Waals surface area contributed by atoms with Crippen molar-refractivity contribution in [2.45, 2.75) is 83.7 Å². The molecule has 2 heteroatoms. The smallest absolute Gasteiger partial charge is 0.105 e. The maximum atomic E-state index is 10.3. The highest BCUT2D eigenvalue weighted by Crippen LogP contribution is 2.24. The van der Waals surface area contributed by atoms with Crippen LogP contribution in [0.5, 0.6) is 0 Å². The molecule has 138 valence electrons. The average Bonchev–Trinajstić information content (AvgIpc) is 3.18. The first kappa shape index (κ1) is 20.2. The maximum Gasteiger partial charge on any atom is 0.105 e. The summed E-state index contributed by atoms with van der Waals surface area (Å²) in [5, 5.41) is 14.4. The van der Waals surface area contributed by atoms with Crippen molar-refractivity contribution < 1.29 is 5.11 Å². The van der Waals surface area contributed by atoms with Crippen LogP contribution in [0.4, 0.5) is 0 Å². The second-order valence-electron chi connectivity index (χ2n) is 7.13. The molecule has 0 bridgehead atoms. The minimum Gasteiger partial charge on any atom is -0.384 e. The van der Waals surface area contributed by atoms with Gasteiger partial charge in [-0.25, -0.2) is 0 Å². The summed E-state index contributed by atoms with van der Waals surface area (Å²) in [5.41, 5.74) is 3.37. The van der Waals surface area contributed by atoms with Crippen molar-refractivity contribution in [1.29, 1.82) is 0 Å². The van der Waals surface area contributed by atoms with Crippen LogP contribution in [-0.4, -0.2) is 5.11 Å². The molecule has 0 amide bonds. The van der Waals surface area contributed by atoms with Crippen molar-refractivity contribution in [1.82, 2.24) is 0 Å². The summed E-state index contributed by atoms with van der Waals surface area (Å²) in [7, 11) is 0. The Hall–Kier alpha value is -1.12. The molecule has 1 N–H and O–H groups in total. The lowest BCUT2D eigenvalue weighted by Crippen LogP contribution is -1.98. The van der Waals surface area contributed by atoms with Gasteiger partial charge in [0.1, 0.15) is 6.10 Å². The van der Waals surface area contributed by atoms with Crippen LogP contribution in [0.2, 0.25) is 0 Å². The first-order valence-corrected chi connectivity index (χ1v) is 11.0. The summed E-state index contributed by atoms with van der Waals surface area (Å²) in [5.74, 6) is 0. The van der Waals surface area contributed by atoms with Crippen LogP contribution < -0.4 is 0 Å². The Morgan fingerprint density at radius 3 is 1.92 bits per heavy atom. The highest BCUT2D eigenvalue weighted by molar-refractivity contribution is 7.07. The van der Waals surface area contributed by atoms with Crippen LogP contribution in [0.3, 0.4) is 0 Å². The van der Waals surface area contributed by atoms with E-state index < -0.39 is 6.10 Å². The van der Waals surface area contributed by atoms with Crippen LogP contribution in [0, 0.1) is 0 Å². The summed E-state index contributed by atoms with van der Waals surface area (Å²) in [6.45, 7) is 2.28. The molecule has 2 aromatic rings. The van der Waals surface area contributed by atoms with E-state index in [-0.39, 0.29) is 0 Å². The van der Waals surface area contributed by atoms with Crippen molar-refractivity contribution in [3.05, 3.63) is 57.8 Å². The molecule has 0 aliphatic rings. The second kappa shape index (κ2) is 12.3. The number of aryl methyl sites for hydroxylation is 1. The predicted molar refractivity (Wildman–Crippen MR) is 110 cm³/mol. The fourth-order valence-corrected chi connectivity index (χ4v) is 3.99. The number of rotatable bonds is 13. The van der Waals surface area contributed by atoms with Crippen LogP contribution in [0.1, 0.15) is 93.9 Å². The van der Waals surface area contributed by atoms with Gasteiger partial charge in [-0.05, 0) is 46.4 Å². The van der Waals surface area contributed by atoms with Crippen molar-refractivity contribution in [2.24, 2.45) is 0 Å². The molecule has 0 spiro atoms. The molecule has 0 aliphatic heterocycles. The first-order chi connectivity index (χ1) is 12.3. The van der Waals surface area contributed by atoms with E-state index in [0.29, 0.717) is 0 Å². The lowest BCUT2D eigenvalue weighted by atomic mass is 10.00. The lowest BCUT2D eigenvalue weighted by molar-refractivity contribution is 0.221. The quantitative estimate of drug-likeness (QED) is 0.373. The molecule has 2 rings (SSSR count). The molecule has 0 fully saturated rings. The third-order valence-electron chi connectivity index (χ3n) is 4.97. The zero-order valence-electron chi connectivity index (χ0n) is 15.8. The van der Waals surface area contributed by atoms with Gasteiger partial charge in [-0.1, -0.05) is 89.0 Å². The lowest BCUT2D eigenvalue weighted by Gasteiger charge is -2.10. The molecule has 1 aromatic carbocycles. The standard InChI is InChI=1S/C23H34OS/c1-2-3-4-5-6-7-8-9-10-11-12-20-13-15-21(16-14-20)23(24)22-17-18-25-19-22/h13-19,23-24H,2-12H2,1H3. The summed E-state index contributed by atoms with van der Waals surface area (Å²) >= 11 is 1.63. The minimum absolute atomic E-state index is 0.488. The molecular weight excluding hydrogens is 324 g/mol. The summed E-state index contributed by atoms with van der Waals surface area (Å²) in [6, 6.07) is 10.5. The number of unbranched alkanes of at least 4 members (excludes halogenated alkanes) is 9. The maximum absolute atomic E-state index is 10.3. The van der Waals surface area contributed by atoms with E-state index >= 15 is 0 Å². The molecule has 1 heterocycles. The van der Waals surface area contributed by atoms with Gasteiger partial charge in [0, 0.05) is 0 Å². The van der Waals surface area contributed by atoms with Gasteiger partial charge in [0.15, 0.2) is 0 Å². The van der Waals surface area contributed by atoms with E-state index in [1.54, 1.807) is 11.3 Å². The Balaban J connectivity index is 1.56. The molecule has 1 atom stereocenters. The Kier molecular flexibility index (Phi) is 9.91. The number of hydrogen-bond acceptors (Lipinski definition) is 2. The highest BCUT2D eigenvalue weighted by atomic mass is 32.1. The summed E-state index contributed by atoms with van der Waals surface area (Å²) in [4.78, 5) is 0. The van der Waals surface area contributed by atoms with E-state index in [0.717, 1.165) is 17.5 Å². The van der Waals surface area contributed by atoms with Gasteiger partial charge in [0.05, 0.1) is 0 Å². The van der Waals surface area contributed by atoms with Gasteiger partial charge >= 0.3 is 0 Å². The van der Waals surface area contributed by atoms with Gasteiger partial charge in [-0.3, -0.25) is 0 Å². The predicted octanol–water partition coefficient (Wildman–Crippen LogP) is 7.29. The van der Waals surface area contributed by atoms with Crippen LogP contribution in [0.25, 0.3) is 0 Å². The van der Waals surface area contributed by atoms with Crippen molar-refractivity contribution >= 4 is 11.3 Å². The van der Waals surface area contributed by atoms with Gasteiger partial charge < -0.3 is 5.11 Å². The number of thiophene rings is 1. The molecule has 1 unspecified atom stereocenters. The molecular formula is C23H34OS. The minimum atomic E-state index is -0.488. The number of aliphatic hydroxyl groups is 1. The van der Waals surface area contributed by atoms with Gasteiger partial charge in [-0.2, -0.15) is 11.3 Å². The highest BCUT2D eigenvalue weighted by Gasteiger charge is 2.10. The topological polar surface area (TPSA) is 20.2 Å². The zero-order chi connectivity index (χ0) is 17.7. The molecule has 0 aliphatic carbocycles. The fourth-order valence-electron chi connectivity index (χ4n) is 3.31. The summed E-state index contributed by atoms with van der Waals surface area (Å²) in [6.07, 6.45) is 14.5. The molecule has 0 radical (unpaired) electrons. The van der Waals surface area contributed by atoms with Crippen molar-refractivity contribution in [3.63, 3.8) is 0 Å². The van der Waals surface area contributed by atoms with Crippen LogP contribution in [0.15, 0.2) is 41.1 Å². The third-order valence-corrected chi connectivity index (χ3v) is 5.67. The van der Waals surface area contributed by atoms with Crippen molar-refractivity contribution in [2.75, 3.05) is 0 Å². The molecule has 0 saturated carbocycles. The van der Waals surface area contributed by atoms with Gasteiger partial charge in [0.2, 0.25) is 0 Å². The van der Waals surface area contributed by atoms with Gasteiger partial charge in [-0.15, -0.1) is 0 Å². The van der Waals surface area contributed by atoms with Crippen molar-refractivity contribution in [3.8, 4) is 0 Å². The Bertz CT molecular complexity index is 544. The van der Waals surface area contributed by atoms with E-state index in [1.165, 1.54) is 69.8 Å². The monoisotopic (exact) mass is 358 g/mol. The molecule has 25 heavy (non-hydrogen) atoms. The number of benzene rings is 1. The Labute approximate surface area is 158 Å². The summed E-state index contributed by atoms with van der Waals surface area (Å²) < 4.78 is 0.